The van der Waals surface area contributed by atoms with Gasteiger partial charge in [0.25, 0.3) is 5.69 Å². The predicted octanol–water partition coefficient (Wildman–Crippen LogP) is 3.63. The first kappa shape index (κ1) is 20.1. The third-order valence-electron chi connectivity index (χ3n) is 4.75. The fraction of sp³-hybridized carbons (Fsp3) is 0.300. The molecule has 1 heterocycles. The molecule has 0 radical (unpaired) electrons. The van der Waals surface area contributed by atoms with Crippen LogP contribution in [0.4, 0.5) is 11.4 Å². The average molecular weight is 394 g/mol. The first-order valence-electron chi connectivity index (χ1n) is 9.19. The van der Waals surface area contributed by atoms with Crippen LogP contribution in [-0.2, 0) is 11.3 Å². The van der Waals surface area contributed by atoms with Crippen LogP contribution in [0.2, 0.25) is 0 Å². The third-order valence-corrected chi connectivity index (χ3v) is 4.75. The van der Waals surface area contributed by atoms with E-state index in [-0.39, 0.29) is 17.9 Å². The fourth-order valence-electron chi connectivity index (χ4n) is 2.86. The van der Waals surface area contributed by atoms with Gasteiger partial charge in [-0.05, 0) is 41.7 Å². The number of nitro groups is 1. The lowest BCUT2D eigenvalue weighted by Gasteiger charge is -2.10. The predicted molar refractivity (Wildman–Crippen MR) is 109 cm³/mol. The highest BCUT2D eigenvalue weighted by Gasteiger charge is 2.20. The van der Waals surface area contributed by atoms with Crippen molar-refractivity contribution in [3.05, 3.63) is 63.2 Å². The summed E-state index contributed by atoms with van der Waals surface area (Å²) in [7, 11) is 0. The first-order chi connectivity index (χ1) is 13.8. The lowest BCUT2D eigenvalue weighted by atomic mass is 10.0. The molecule has 1 aromatic heterocycles. The Morgan fingerprint density at radius 2 is 1.86 bits per heavy atom. The van der Waals surface area contributed by atoms with Crippen molar-refractivity contribution in [3.63, 3.8) is 0 Å². The number of aryl methyl sites for hydroxylation is 1. The molecule has 0 spiro atoms. The highest BCUT2D eigenvalue weighted by molar-refractivity contribution is 5.94. The van der Waals surface area contributed by atoms with Gasteiger partial charge < -0.3 is 5.32 Å². The maximum absolute atomic E-state index is 12.4. The molecule has 29 heavy (non-hydrogen) atoms. The number of tetrazole rings is 1. The molecule has 0 aliphatic carbocycles. The second-order valence-electron chi connectivity index (χ2n) is 7.13. The molecular formula is C20H22N6O3. The average Bonchev–Trinajstić information content (AvgIpc) is 3.13. The largest absolute Gasteiger partial charge is 0.318 e. The molecule has 0 atom stereocenters. The molecule has 0 bridgehead atoms. The normalized spacial score (nSPS) is 10.9. The van der Waals surface area contributed by atoms with Crippen LogP contribution in [0.1, 0.15) is 36.5 Å². The lowest BCUT2D eigenvalue weighted by Crippen LogP contribution is -2.21. The SMILES string of the molecule is Cc1ccc([N+](=O)[O-])c(NC(=O)Cn2nnc(-c3ccc(C(C)C)cc3)n2)c1C. The fourth-order valence-corrected chi connectivity index (χ4v) is 2.86. The van der Waals surface area contributed by atoms with Crippen LogP contribution in [0, 0.1) is 24.0 Å². The number of nitrogens with one attached hydrogen (secondary N) is 1. The summed E-state index contributed by atoms with van der Waals surface area (Å²) in [6, 6.07) is 10.9. The topological polar surface area (TPSA) is 116 Å². The maximum atomic E-state index is 12.4. The van der Waals surface area contributed by atoms with Crippen LogP contribution in [-0.4, -0.2) is 31.0 Å². The summed E-state index contributed by atoms with van der Waals surface area (Å²) >= 11 is 0. The number of carbonyl (C=O) groups excluding carboxylic acids is 1. The van der Waals surface area contributed by atoms with Crippen LogP contribution in [0.15, 0.2) is 36.4 Å². The van der Waals surface area contributed by atoms with Crippen LogP contribution in [0.5, 0.6) is 0 Å². The Morgan fingerprint density at radius 3 is 2.48 bits per heavy atom. The molecule has 9 nitrogen and oxygen atoms in total. The molecule has 0 aliphatic rings. The Bertz CT molecular complexity index is 1060. The Kier molecular flexibility index (Phi) is 5.67. The van der Waals surface area contributed by atoms with E-state index in [1.807, 2.05) is 31.2 Å². The van der Waals surface area contributed by atoms with E-state index in [0.717, 1.165) is 15.9 Å². The second kappa shape index (κ2) is 8.17. The molecular weight excluding hydrogens is 372 g/mol. The van der Waals surface area contributed by atoms with Gasteiger partial charge >= 0.3 is 0 Å². The summed E-state index contributed by atoms with van der Waals surface area (Å²) in [5.41, 5.74) is 3.52. The number of anilines is 1. The summed E-state index contributed by atoms with van der Waals surface area (Å²) in [5.74, 6) is 0.359. The van der Waals surface area contributed by atoms with Gasteiger partial charge in [0.1, 0.15) is 12.2 Å². The summed E-state index contributed by atoms with van der Waals surface area (Å²) in [6.45, 7) is 7.57. The highest BCUT2D eigenvalue weighted by atomic mass is 16.6. The van der Waals surface area contributed by atoms with Crippen molar-refractivity contribution in [1.82, 2.24) is 20.2 Å². The zero-order valence-corrected chi connectivity index (χ0v) is 16.7. The van der Waals surface area contributed by atoms with Crippen molar-refractivity contribution in [2.24, 2.45) is 0 Å². The Morgan fingerprint density at radius 1 is 1.17 bits per heavy atom. The van der Waals surface area contributed by atoms with Gasteiger partial charge in [0.15, 0.2) is 0 Å². The molecule has 9 heteroatoms. The van der Waals surface area contributed by atoms with Crippen molar-refractivity contribution < 1.29 is 9.72 Å². The van der Waals surface area contributed by atoms with Crippen LogP contribution in [0.25, 0.3) is 11.4 Å². The van der Waals surface area contributed by atoms with Gasteiger partial charge in [-0.15, -0.1) is 10.2 Å². The van der Waals surface area contributed by atoms with Gasteiger partial charge in [0.05, 0.1) is 4.92 Å². The van der Waals surface area contributed by atoms with Gasteiger partial charge in [0, 0.05) is 11.6 Å². The van der Waals surface area contributed by atoms with E-state index < -0.39 is 10.8 Å². The number of nitro benzene ring substituents is 1. The molecule has 0 unspecified atom stereocenters. The van der Waals surface area contributed by atoms with Gasteiger partial charge in [-0.2, -0.15) is 4.80 Å². The van der Waals surface area contributed by atoms with Crippen LogP contribution < -0.4 is 5.32 Å². The minimum atomic E-state index is -0.519. The summed E-state index contributed by atoms with van der Waals surface area (Å²) < 4.78 is 0. The molecule has 3 rings (SSSR count). The minimum absolute atomic E-state index is 0.154. The quantitative estimate of drug-likeness (QED) is 0.504. The molecule has 150 valence electrons. The Hall–Kier alpha value is -3.62. The molecule has 0 saturated carbocycles. The zero-order valence-electron chi connectivity index (χ0n) is 16.7. The lowest BCUT2D eigenvalue weighted by molar-refractivity contribution is -0.384. The highest BCUT2D eigenvalue weighted by Crippen LogP contribution is 2.30. The number of rotatable bonds is 6. The van der Waals surface area contributed by atoms with Crippen LogP contribution >= 0.6 is 0 Å². The second-order valence-corrected chi connectivity index (χ2v) is 7.13. The van der Waals surface area contributed by atoms with Gasteiger partial charge in [-0.3, -0.25) is 14.9 Å². The number of nitrogens with zero attached hydrogens (tertiary/aromatic N) is 5. The summed E-state index contributed by atoms with van der Waals surface area (Å²) in [4.78, 5) is 24.3. The van der Waals surface area contributed by atoms with Gasteiger partial charge in [-0.1, -0.05) is 44.2 Å². The monoisotopic (exact) mass is 394 g/mol. The van der Waals surface area contributed by atoms with E-state index in [2.05, 4.69) is 34.6 Å². The third kappa shape index (κ3) is 4.45. The molecule has 3 aromatic rings. The summed E-state index contributed by atoms with van der Waals surface area (Å²) in [6.07, 6.45) is 0. The van der Waals surface area contributed by atoms with Crippen LogP contribution in [0.3, 0.4) is 0 Å². The first-order valence-corrected chi connectivity index (χ1v) is 9.19. The zero-order chi connectivity index (χ0) is 21.1. The van der Waals surface area contributed by atoms with E-state index in [1.54, 1.807) is 13.0 Å². The van der Waals surface area contributed by atoms with E-state index in [4.69, 9.17) is 0 Å². The number of carbonyl (C=O) groups is 1. The Labute approximate surface area is 167 Å². The van der Waals surface area contributed by atoms with E-state index in [1.165, 1.54) is 11.6 Å². The number of amides is 1. The molecule has 1 amide bonds. The van der Waals surface area contributed by atoms with Crippen molar-refractivity contribution in [2.45, 2.75) is 40.2 Å². The van der Waals surface area contributed by atoms with Crippen molar-refractivity contribution in [2.75, 3.05) is 5.32 Å². The number of hydrogen-bond acceptors (Lipinski definition) is 6. The van der Waals surface area contributed by atoms with Crippen molar-refractivity contribution in [3.8, 4) is 11.4 Å². The van der Waals surface area contributed by atoms with Crippen molar-refractivity contribution in [1.29, 1.82) is 0 Å². The van der Waals surface area contributed by atoms with Crippen molar-refractivity contribution >= 4 is 17.3 Å². The van der Waals surface area contributed by atoms with E-state index in [0.29, 0.717) is 17.3 Å². The molecule has 0 saturated heterocycles. The minimum Gasteiger partial charge on any atom is -0.318 e. The number of benzene rings is 2. The molecule has 1 N–H and O–H groups in total. The maximum Gasteiger partial charge on any atom is 0.293 e. The van der Waals surface area contributed by atoms with E-state index in [9.17, 15) is 14.9 Å². The Balaban J connectivity index is 1.75. The van der Waals surface area contributed by atoms with E-state index >= 15 is 0 Å². The number of hydrogen-bond donors (Lipinski definition) is 1. The molecule has 0 aliphatic heterocycles. The molecule has 2 aromatic carbocycles. The smallest absolute Gasteiger partial charge is 0.293 e. The van der Waals surface area contributed by atoms with Gasteiger partial charge in [0.2, 0.25) is 11.7 Å². The van der Waals surface area contributed by atoms with Gasteiger partial charge in [-0.25, -0.2) is 0 Å². The number of aromatic nitrogens is 4. The molecule has 0 fully saturated rings. The summed E-state index contributed by atoms with van der Waals surface area (Å²) in [5, 5.41) is 26.0. The standard InChI is InChI=1S/C20H22N6O3/c1-12(2)15-6-8-16(9-7-15)20-22-24-25(23-20)11-18(27)21-19-14(4)13(3)5-10-17(19)26(28)29/h5-10,12H,11H2,1-4H3,(H,21,27).